The first kappa shape index (κ1) is 21.0. The first-order valence-corrected chi connectivity index (χ1v) is 10.4. The SMILES string of the molecule is COc1ccc2cc1OCC(=O)NCc1ccc(cc1)O[C@H]1CNC[C@@H]1NC(=O)CC2. The summed E-state index contributed by atoms with van der Waals surface area (Å²) in [4.78, 5) is 24.8. The van der Waals surface area contributed by atoms with Crippen LogP contribution in [0.4, 0.5) is 0 Å². The van der Waals surface area contributed by atoms with E-state index in [1.54, 1.807) is 13.2 Å². The second kappa shape index (κ2) is 9.70. The van der Waals surface area contributed by atoms with Crippen molar-refractivity contribution in [1.29, 1.82) is 0 Å². The fourth-order valence-electron chi connectivity index (χ4n) is 3.70. The Morgan fingerprint density at radius 1 is 0.968 bits per heavy atom. The first-order chi connectivity index (χ1) is 15.1. The molecule has 3 aliphatic rings. The predicted molar refractivity (Wildman–Crippen MR) is 114 cm³/mol. The van der Waals surface area contributed by atoms with Gasteiger partial charge in [0.1, 0.15) is 11.9 Å². The van der Waals surface area contributed by atoms with Crippen LogP contribution >= 0.6 is 0 Å². The zero-order valence-electron chi connectivity index (χ0n) is 17.5. The number of hydrogen-bond donors (Lipinski definition) is 3. The molecule has 3 heterocycles. The molecule has 3 N–H and O–H groups in total. The fourth-order valence-corrected chi connectivity index (χ4v) is 3.70. The zero-order chi connectivity index (χ0) is 21.6. The first-order valence-electron chi connectivity index (χ1n) is 10.4. The second-order valence-corrected chi connectivity index (χ2v) is 7.68. The van der Waals surface area contributed by atoms with Crippen LogP contribution < -0.4 is 30.2 Å². The van der Waals surface area contributed by atoms with Crippen LogP contribution in [-0.4, -0.2) is 50.8 Å². The summed E-state index contributed by atoms with van der Waals surface area (Å²) in [5, 5.41) is 9.21. The third kappa shape index (κ3) is 5.46. The molecule has 0 saturated carbocycles. The summed E-state index contributed by atoms with van der Waals surface area (Å²) >= 11 is 0. The molecular formula is C23H27N3O5. The highest BCUT2D eigenvalue weighted by Crippen LogP contribution is 2.28. The van der Waals surface area contributed by atoms with Gasteiger partial charge in [-0.05, 0) is 41.8 Å². The fraction of sp³-hybridized carbons (Fsp3) is 0.391. The molecule has 2 amide bonds. The summed E-state index contributed by atoms with van der Waals surface area (Å²) in [6.07, 6.45) is 0.743. The molecule has 1 saturated heterocycles. The lowest BCUT2D eigenvalue weighted by molar-refractivity contribution is -0.123. The quantitative estimate of drug-likeness (QED) is 0.635. The van der Waals surface area contributed by atoms with E-state index in [0.717, 1.165) is 16.9 Å². The van der Waals surface area contributed by atoms with Gasteiger partial charge in [-0.2, -0.15) is 0 Å². The van der Waals surface area contributed by atoms with Crippen LogP contribution in [0.2, 0.25) is 0 Å². The van der Waals surface area contributed by atoms with Gasteiger partial charge in [0.05, 0.1) is 13.2 Å². The number of benzene rings is 2. The van der Waals surface area contributed by atoms with Crippen LogP contribution in [0.3, 0.4) is 0 Å². The Balaban J connectivity index is 1.54. The van der Waals surface area contributed by atoms with Gasteiger partial charge in [-0.3, -0.25) is 9.59 Å². The highest BCUT2D eigenvalue weighted by atomic mass is 16.5. The number of hydrogen-bond acceptors (Lipinski definition) is 6. The van der Waals surface area contributed by atoms with Crippen molar-refractivity contribution in [2.24, 2.45) is 0 Å². The lowest BCUT2D eigenvalue weighted by Gasteiger charge is -2.21. The van der Waals surface area contributed by atoms with Gasteiger partial charge in [-0.1, -0.05) is 18.2 Å². The molecule has 3 aliphatic heterocycles. The monoisotopic (exact) mass is 425 g/mol. The standard InChI is InChI=1S/C23H27N3O5/c1-29-19-8-4-15-5-9-22(27)26-18-12-24-13-21(18)31-17-6-2-16(3-7-17)11-25-23(28)14-30-20(19)10-15/h2-4,6-8,10,18,21,24H,5,9,11-14H2,1H3,(H,25,28)(H,26,27)/t18-,21-/m0/s1. The molecule has 31 heavy (non-hydrogen) atoms. The highest BCUT2D eigenvalue weighted by Gasteiger charge is 2.30. The van der Waals surface area contributed by atoms with E-state index in [0.29, 0.717) is 44.0 Å². The molecule has 2 aromatic carbocycles. The van der Waals surface area contributed by atoms with Crippen molar-refractivity contribution >= 4 is 11.8 Å². The number of ether oxygens (including phenoxy) is 3. The molecule has 2 aromatic rings. The summed E-state index contributed by atoms with van der Waals surface area (Å²) < 4.78 is 17.1. The minimum Gasteiger partial charge on any atom is -0.493 e. The zero-order valence-corrected chi connectivity index (χ0v) is 17.5. The van der Waals surface area contributed by atoms with E-state index < -0.39 is 0 Å². The summed E-state index contributed by atoms with van der Waals surface area (Å²) in [6.45, 7) is 1.60. The molecule has 164 valence electrons. The molecule has 0 aromatic heterocycles. The van der Waals surface area contributed by atoms with E-state index in [1.165, 1.54) is 0 Å². The van der Waals surface area contributed by atoms with Crippen LogP contribution in [0.1, 0.15) is 17.5 Å². The number of fused-ring (bicyclic) bond motifs is 9. The van der Waals surface area contributed by atoms with Gasteiger partial charge in [0, 0.05) is 26.1 Å². The molecule has 0 aliphatic carbocycles. The molecule has 8 nitrogen and oxygen atoms in total. The minimum atomic E-state index is -0.232. The molecule has 5 rings (SSSR count). The number of carbonyl (C=O) groups excluding carboxylic acids is 2. The van der Waals surface area contributed by atoms with Gasteiger partial charge < -0.3 is 30.2 Å². The number of amides is 2. The maximum Gasteiger partial charge on any atom is 0.258 e. The average molecular weight is 425 g/mol. The topological polar surface area (TPSA) is 97.9 Å². The van der Waals surface area contributed by atoms with Crippen molar-refractivity contribution in [3.63, 3.8) is 0 Å². The molecular weight excluding hydrogens is 398 g/mol. The minimum absolute atomic E-state index is 0.0340. The highest BCUT2D eigenvalue weighted by molar-refractivity contribution is 5.78. The Kier molecular flexibility index (Phi) is 6.57. The predicted octanol–water partition coefficient (Wildman–Crippen LogP) is 1.17. The third-order valence-corrected chi connectivity index (χ3v) is 5.43. The van der Waals surface area contributed by atoms with Crippen molar-refractivity contribution < 1.29 is 23.8 Å². The van der Waals surface area contributed by atoms with Crippen molar-refractivity contribution in [2.75, 3.05) is 26.8 Å². The molecule has 2 atom stereocenters. The Hall–Kier alpha value is -3.26. The second-order valence-electron chi connectivity index (χ2n) is 7.68. The third-order valence-electron chi connectivity index (χ3n) is 5.43. The Morgan fingerprint density at radius 2 is 1.77 bits per heavy atom. The maximum atomic E-state index is 12.5. The van der Waals surface area contributed by atoms with Crippen LogP contribution in [0, 0.1) is 0 Å². The van der Waals surface area contributed by atoms with Crippen molar-refractivity contribution in [2.45, 2.75) is 31.5 Å². The maximum absolute atomic E-state index is 12.5. The van der Waals surface area contributed by atoms with Crippen molar-refractivity contribution in [3.8, 4) is 17.2 Å². The number of nitrogens with one attached hydrogen (secondary N) is 3. The van der Waals surface area contributed by atoms with E-state index in [4.69, 9.17) is 14.2 Å². The Bertz CT molecular complexity index is 931. The Labute approximate surface area is 181 Å². The molecule has 0 radical (unpaired) electrons. The van der Waals surface area contributed by atoms with Gasteiger partial charge in [0.25, 0.3) is 5.91 Å². The number of rotatable bonds is 1. The summed E-state index contributed by atoms with van der Waals surface area (Å²) in [5.41, 5.74) is 1.88. The van der Waals surface area contributed by atoms with E-state index in [-0.39, 0.29) is 30.6 Å². The van der Waals surface area contributed by atoms with Crippen LogP contribution in [0.25, 0.3) is 0 Å². The number of aryl methyl sites for hydroxylation is 1. The van der Waals surface area contributed by atoms with Gasteiger partial charge >= 0.3 is 0 Å². The van der Waals surface area contributed by atoms with Crippen molar-refractivity contribution in [1.82, 2.24) is 16.0 Å². The molecule has 0 spiro atoms. The van der Waals surface area contributed by atoms with Gasteiger partial charge in [-0.15, -0.1) is 0 Å². The van der Waals surface area contributed by atoms with E-state index >= 15 is 0 Å². The largest absolute Gasteiger partial charge is 0.493 e. The van der Waals surface area contributed by atoms with Gasteiger partial charge in [0.2, 0.25) is 5.91 Å². The molecule has 8 heteroatoms. The Morgan fingerprint density at radius 3 is 2.58 bits per heavy atom. The van der Waals surface area contributed by atoms with E-state index in [2.05, 4.69) is 16.0 Å². The van der Waals surface area contributed by atoms with Crippen LogP contribution in [0.5, 0.6) is 17.2 Å². The molecule has 1 fully saturated rings. The van der Waals surface area contributed by atoms with E-state index in [9.17, 15) is 9.59 Å². The van der Waals surface area contributed by atoms with E-state index in [1.807, 2.05) is 36.4 Å². The lowest BCUT2D eigenvalue weighted by Crippen LogP contribution is -2.45. The van der Waals surface area contributed by atoms with Crippen molar-refractivity contribution in [3.05, 3.63) is 53.6 Å². The molecule has 0 unspecified atom stereocenters. The van der Waals surface area contributed by atoms with Gasteiger partial charge in [-0.25, -0.2) is 0 Å². The summed E-state index contributed by atoms with van der Waals surface area (Å²) in [5.74, 6) is 1.48. The van der Waals surface area contributed by atoms with Gasteiger partial charge in [0.15, 0.2) is 18.1 Å². The average Bonchev–Trinajstić information content (AvgIpc) is 3.21. The number of carbonyl (C=O) groups is 2. The van der Waals surface area contributed by atoms with Crippen LogP contribution in [0.15, 0.2) is 42.5 Å². The normalized spacial score (nSPS) is 22.0. The number of methoxy groups -OCH3 is 1. The van der Waals surface area contributed by atoms with Crippen LogP contribution in [-0.2, 0) is 22.6 Å². The summed E-state index contributed by atoms with van der Waals surface area (Å²) in [7, 11) is 1.55. The lowest BCUT2D eigenvalue weighted by atomic mass is 10.1. The molecule has 4 bridgehead atoms. The smallest absolute Gasteiger partial charge is 0.258 e. The summed E-state index contributed by atoms with van der Waals surface area (Å²) in [6, 6.07) is 13.0.